The fourth-order valence-electron chi connectivity index (χ4n) is 4.99. The van der Waals surface area contributed by atoms with Gasteiger partial charge >= 0.3 is 0 Å². The third kappa shape index (κ3) is 5.34. The van der Waals surface area contributed by atoms with E-state index < -0.39 is 0 Å². The lowest BCUT2D eigenvalue weighted by atomic mass is 10.0. The second-order valence-electron chi connectivity index (χ2n) is 8.89. The summed E-state index contributed by atoms with van der Waals surface area (Å²) in [5, 5.41) is 3.62. The molecule has 1 aromatic carbocycles. The first-order valence-electron chi connectivity index (χ1n) is 11.7. The van der Waals surface area contributed by atoms with Crippen LogP contribution < -0.4 is 5.32 Å². The van der Waals surface area contributed by atoms with Gasteiger partial charge in [0.25, 0.3) is 0 Å². The zero-order valence-corrected chi connectivity index (χ0v) is 18.7. The number of nitrogens with zero attached hydrogens (tertiary/aromatic N) is 3. The van der Waals surface area contributed by atoms with Crippen molar-refractivity contribution in [2.75, 3.05) is 39.9 Å². The summed E-state index contributed by atoms with van der Waals surface area (Å²) in [6.07, 6.45) is 6.63. The first-order chi connectivity index (χ1) is 14.7. The average Bonchev–Trinajstić information content (AvgIpc) is 3.32. The Labute approximate surface area is 181 Å². The van der Waals surface area contributed by atoms with Crippen LogP contribution in [0, 0.1) is 0 Å². The first-order valence-corrected chi connectivity index (χ1v) is 11.7. The molecule has 6 heteroatoms. The minimum atomic E-state index is 0.146. The van der Waals surface area contributed by atoms with Crippen molar-refractivity contribution in [2.24, 2.45) is 4.99 Å². The maximum absolute atomic E-state index is 6.01. The number of hydrogen-bond donors (Lipinski definition) is 1. The predicted molar refractivity (Wildman–Crippen MR) is 121 cm³/mol. The Hall–Kier alpha value is -1.63. The molecule has 1 aromatic rings. The van der Waals surface area contributed by atoms with Crippen LogP contribution in [0.15, 0.2) is 29.3 Å². The number of morpholine rings is 1. The molecule has 0 radical (unpaired) electrons. The highest BCUT2D eigenvalue weighted by Crippen LogP contribution is 2.22. The SMILES string of the molecule is CN=C(NCc1ccccc1CN1CCCCC1C)N1CCOC(C2CCCO2)C1. The largest absolute Gasteiger partial charge is 0.375 e. The number of aliphatic imine (C=N–C) groups is 1. The molecular weight excluding hydrogens is 376 g/mol. The van der Waals surface area contributed by atoms with Crippen LogP contribution in [0.5, 0.6) is 0 Å². The van der Waals surface area contributed by atoms with E-state index in [1.165, 1.54) is 36.9 Å². The standard InChI is InChI=1S/C24H38N4O2/c1-19-8-5-6-12-27(19)17-21-10-4-3-9-20(21)16-26-24(25-2)28-13-15-30-23(18-28)22-11-7-14-29-22/h3-4,9-10,19,22-23H,5-8,11-18H2,1-2H3,(H,25,26). The first kappa shape index (κ1) is 21.6. The number of benzene rings is 1. The highest BCUT2D eigenvalue weighted by molar-refractivity contribution is 5.80. The fraction of sp³-hybridized carbons (Fsp3) is 0.708. The normalized spacial score (nSPS) is 28.7. The summed E-state index contributed by atoms with van der Waals surface area (Å²) >= 11 is 0. The zero-order chi connectivity index (χ0) is 20.8. The Morgan fingerprint density at radius 3 is 2.63 bits per heavy atom. The van der Waals surface area contributed by atoms with Crippen molar-refractivity contribution in [3.05, 3.63) is 35.4 Å². The summed E-state index contributed by atoms with van der Waals surface area (Å²) in [5.74, 6) is 0.961. The smallest absolute Gasteiger partial charge is 0.194 e. The summed E-state index contributed by atoms with van der Waals surface area (Å²) in [7, 11) is 1.88. The second-order valence-corrected chi connectivity index (χ2v) is 8.89. The van der Waals surface area contributed by atoms with Gasteiger partial charge in [0, 0.05) is 45.9 Å². The van der Waals surface area contributed by atoms with E-state index in [9.17, 15) is 0 Å². The van der Waals surface area contributed by atoms with Gasteiger partial charge in [-0.3, -0.25) is 9.89 Å². The summed E-state index contributed by atoms with van der Waals surface area (Å²) in [6.45, 7) is 8.72. The molecule has 3 atom stereocenters. The van der Waals surface area contributed by atoms with E-state index in [4.69, 9.17) is 9.47 Å². The molecule has 1 N–H and O–H groups in total. The van der Waals surface area contributed by atoms with Crippen LogP contribution in [0.4, 0.5) is 0 Å². The van der Waals surface area contributed by atoms with Crippen molar-refractivity contribution >= 4 is 5.96 Å². The Bertz CT molecular complexity index is 704. The fourth-order valence-corrected chi connectivity index (χ4v) is 4.99. The molecule has 0 aromatic heterocycles. The van der Waals surface area contributed by atoms with Gasteiger partial charge in [0.15, 0.2) is 5.96 Å². The van der Waals surface area contributed by atoms with E-state index in [1.54, 1.807) is 0 Å². The molecule has 0 bridgehead atoms. The number of nitrogens with one attached hydrogen (secondary N) is 1. The summed E-state index contributed by atoms with van der Waals surface area (Å²) < 4.78 is 11.9. The van der Waals surface area contributed by atoms with Crippen LogP contribution in [0.1, 0.15) is 50.2 Å². The average molecular weight is 415 g/mol. The quantitative estimate of drug-likeness (QED) is 0.593. The van der Waals surface area contributed by atoms with Gasteiger partial charge < -0.3 is 19.7 Å². The topological polar surface area (TPSA) is 49.3 Å². The molecule has 6 nitrogen and oxygen atoms in total. The number of piperidine rings is 1. The highest BCUT2D eigenvalue weighted by Gasteiger charge is 2.32. The minimum absolute atomic E-state index is 0.146. The maximum Gasteiger partial charge on any atom is 0.194 e. The van der Waals surface area contributed by atoms with E-state index >= 15 is 0 Å². The summed E-state index contributed by atoms with van der Waals surface area (Å²) in [5.41, 5.74) is 2.79. The van der Waals surface area contributed by atoms with Gasteiger partial charge in [0.1, 0.15) is 6.10 Å². The lowest BCUT2D eigenvalue weighted by Gasteiger charge is -2.37. The minimum Gasteiger partial charge on any atom is -0.375 e. The second kappa shape index (κ2) is 10.6. The van der Waals surface area contributed by atoms with E-state index in [0.29, 0.717) is 6.04 Å². The summed E-state index contributed by atoms with van der Waals surface area (Å²) in [4.78, 5) is 9.52. The third-order valence-corrected chi connectivity index (χ3v) is 6.85. The van der Waals surface area contributed by atoms with E-state index in [-0.39, 0.29) is 12.2 Å². The molecule has 3 aliphatic rings. The van der Waals surface area contributed by atoms with Gasteiger partial charge in [0.05, 0.1) is 12.7 Å². The molecule has 0 aliphatic carbocycles. The Kier molecular flexibility index (Phi) is 7.63. The monoisotopic (exact) mass is 414 g/mol. The highest BCUT2D eigenvalue weighted by atomic mass is 16.5. The predicted octanol–water partition coefficient (Wildman–Crippen LogP) is 3.02. The molecule has 3 heterocycles. The molecule has 0 saturated carbocycles. The van der Waals surface area contributed by atoms with Crippen molar-refractivity contribution in [3.8, 4) is 0 Å². The molecule has 4 rings (SSSR count). The molecule has 3 unspecified atom stereocenters. The van der Waals surface area contributed by atoms with Crippen LogP contribution in [0.3, 0.4) is 0 Å². The van der Waals surface area contributed by atoms with Crippen LogP contribution in [-0.2, 0) is 22.6 Å². The Morgan fingerprint density at radius 1 is 1.03 bits per heavy atom. The number of rotatable bonds is 5. The van der Waals surface area contributed by atoms with Crippen LogP contribution in [0.25, 0.3) is 0 Å². The Balaban J connectivity index is 1.36. The zero-order valence-electron chi connectivity index (χ0n) is 18.7. The maximum atomic E-state index is 6.01. The van der Waals surface area contributed by atoms with Gasteiger partial charge in [0.2, 0.25) is 0 Å². The van der Waals surface area contributed by atoms with E-state index in [1.807, 2.05) is 7.05 Å². The van der Waals surface area contributed by atoms with Crippen LogP contribution >= 0.6 is 0 Å². The molecule has 0 amide bonds. The number of guanidine groups is 1. The van der Waals surface area contributed by atoms with Gasteiger partial charge in [-0.1, -0.05) is 30.7 Å². The molecule has 3 saturated heterocycles. The van der Waals surface area contributed by atoms with Gasteiger partial charge in [-0.15, -0.1) is 0 Å². The lowest BCUT2D eigenvalue weighted by molar-refractivity contribution is -0.0817. The van der Waals surface area contributed by atoms with E-state index in [2.05, 4.69) is 51.3 Å². The van der Waals surface area contributed by atoms with Crippen molar-refractivity contribution in [2.45, 2.75) is 70.4 Å². The van der Waals surface area contributed by atoms with Crippen molar-refractivity contribution in [1.82, 2.24) is 15.1 Å². The van der Waals surface area contributed by atoms with Crippen LogP contribution in [-0.4, -0.2) is 73.9 Å². The number of likely N-dealkylation sites (tertiary alicyclic amines) is 1. The molecule has 0 spiro atoms. The number of hydrogen-bond acceptors (Lipinski definition) is 4. The van der Waals surface area contributed by atoms with Gasteiger partial charge in [-0.05, 0) is 50.3 Å². The number of ether oxygens (including phenoxy) is 2. The van der Waals surface area contributed by atoms with Crippen molar-refractivity contribution < 1.29 is 9.47 Å². The molecule has 3 fully saturated rings. The Morgan fingerprint density at radius 2 is 1.87 bits per heavy atom. The molecular formula is C24H38N4O2. The van der Waals surface area contributed by atoms with Gasteiger partial charge in [-0.2, -0.15) is 0 Å². The lowest BCUT2D eigenvalue weighted by Crippen LogP contribution is -2.53. The van der Waals surface area contributed by atoms with Gasteiger partial charge in [-0.25, -0.2) is 0 Å². The summed E-state index contributed by atoms with van der Waals surface area (Å²) in [6, 6.07) is 9.51. The van der Waals surface area contributed by atoms with Crippen molar-refractivity contribution in [1.29, 1.82) is 0 Å². The van der Waals surface area contributed by atoms with Crippen molar-refractivity contribution in [3.63, 3.8) is 0 Å². The third-order valence-electron chi connectivity index (χ3n) is 6.85. The van der Waals surface area contributed by atoms with E-state index in [0.717, 1.165) is 58.2 Å². The molecule has 3 aliphatic heterocycles. The van der Waals surface area contributed by atoms with Crippen LogP contribution in [0.2, 0.25) is 0 Å². The molecule has 30 heavy (non-hydrogen) atoms. The molecule has 166 valence electrons.